The molecule has 1 heterocycles. The van der Waals surface area contributed by atoms with Crippen molar-refractivity contribution in [1.29, 1.82) is 0 Å². The molecule has 102 valence electrons. The van der Waals surface area contributed by atoms with Gasteiger partial charge < -0.3 is 4.90 Å². The van der Waals surface area contributed by atoms with E-state index in [1.54, 1.807) is 11.3 Å². The maximum Gasteiger partial charge on any atom is 0.185 e. The van der Waals surface area contributed by atoms with Crippen molar-refractivity contribution < 1.29 is 0 Å². The standard InChI is InChI=1S/C16H22N2S/c1-6-9-18(5)16-17-15(13(4)19-16)14-8-7-11(2)10-12(14)3/h7-8,10H,6,9H2,1-5H3. The lowest BCUT2D eigenvalue weighted by molar-refractivity contribution is 0.848. The van der Waals surface area contributed by atoms with Gasteiger partial charge >= 0.3 is 0 Å². The summed E-state index contributed by atoms with van der Waals surface area (Å²) in [6.45, 7) is 9.71. The fourth-order valence-corrected chi connectivity index (χ4v) is 3.22. The SMILES string of the molecule is CCCN(C)c1nc(-c2ccc(C)cc2C)c(C)s1. The van der Waals surface area contributed by atoms with E-state index >= 15 is 0 Å². The van der Waals surface area contributed by atoms with E-state index in [2.05, 4.69) is 57.8 Å². The van der Waals surface area contributed by atoms with Crippen molar-refractivity contribution in [1.82, 2.24) is 4.98 Å². The maximum absolute atomic E-state index is 4.83. The highest BCUT2D eigenvalue weighted by Gasteiger charge is 2.13. The van der Waals surface area contributed by atoms with Gasteiger partial charge in [-0.25, -0.2) is 4.98 Å². The van der Waals surface area contributed by atoms with Crippen LogP contribution in [0, 0.1) is 20.8 Å². The maximum atomic E-state index is 4.83. The highest BCUT2D eigenvalue weighted by Crippen LogP contribution is 2.33. The van der Waals surface area contributed by atoms with E-state index in [1.165, 1.54) is 21.6 Å². The first-order valence-corrected chi connectivity index (χ1v) is 7.60. The summed E-state index contributed by atoms with van der Waals surface area (Å²) in [5, 5.41) is 1.12. The first-order chi connectivity index (χ1) is 9.02. The molecule has 19 heavy (non-hydrogen) atoms. The van der Waals surface area contributed by atoms with Crippen LogP contribution in [-0.2, 0) is 0 Å². The van der Waals surface area contributed by atoms with Crippen LogP contribution in [0.5, 0.6) is 0 Å². The quantitative estimate of drug-likeness (QED) is 0.811. The molecule has 0 saturated carbocycles. The zero-order valence-corrected chi connectivity index (χ0v) is 13.3. The Labute approximate surface area is 120 Å². The molecule has 0 radical (unpaired) electrons. The van der Waals surface area contributed by atoms with Crippen LogP contribution in [0.15, 0.2) is 18.2 Å². The van der Waals surface area contributed by atoms with Gasteiger partial charge in [-0.2, -0.15) is 0 Å². The molecule has 2 rings (SSSR count). The van der Waals surface area contributed by atoms with Crippen molar-refractivity contribution in [2.24, 2.45) is 0 Å². The zero-order valence-electron chi connectivity index (χ0n) is 12.4. The fraction of sp³-hybridized carbons (Fsp3) is 0.438. The Morgan fingerprint density at radius 3 is 2.58 bits per heavy atom. The minimum absolute atomic E-state index is 1.05. The van der Waals surface area contributed by atoms with Crippen molar-refractivity contribution >= 4 is 16.5 Å². The monoisotopic (exact) mass is 274 g/mol. The molecule has 1 aromatic carbocycles. The van der Waals surface area contributed by atoms with Crippen LogP contribution in [0.25, 0.3) is 11.3 Å². The van der Waals surface area contributed by atoms with Gasteiger partial charge in [0.25, 0.3) is 0 Å². The fourth-order valence-electron chi connectivity index (χ4n) is 2.31. The normalized spacial score (nSPS) is 10.8. The molecule has 0 unspecified atom stereocenters. The van der Waals surface area contributed by atoms with Crippen LogP contribution in [0.1, 0.15) is 29.3 Å². The van der Waals surface area contributed by atoms with Gasteiger partial charge in [0.15, 0.2) is 5.13 Å². The Morgan fingerprint density at radius 1 is 1.21 bits per heavy atom. The minimum Gasteiger partial charge on any atom is -0.351 e. The van der Waals surface area contributed by atoms with E-state index in [9.17, 15) is 0 Å². The lowest BCUT2D eigenvalue weighted by atomic mass is 10.0. The number of anilines is 1. The molecular formula is C16H22N2S. The van der Waals surface area contributed by atoms with E-state index in [4.69, 9.17) is 4.98 Å². The second-order valence-electron chi connectivity index (χ2n) is 5.14. The van der Waals surface area contributed by atoms with Gasteiger partial charge in [0, 0.05) is 24.0 Å². The number of aromatic nitrogens is 1. The van der Waals surface area contributed by atoms with Crippen LogP contribution >= 0.6 is 11.3 Å². The summed E-state index contributed by atoms with van der Waals surface area (Å²) in [5.41, 5.74) is 5.01. The second-order valence-corrected chi connectivity index (χ2v) is 6.32. The molecule has 0 fully saturated rings. The van der Waals surface area contributed by atoms with E-state index in [1.807, 2.05) is 0 Å². The minimum atomic E-state index is 1.05. The van der Waals surface area contributed by atoms with Gasteiger partial charge in [0.05, 0.1) is 5.69 Å². The number of hydrogen-bond acceptors (Lipinski definition) is 3. The van der Waals surface area contributed by atoms with Gasteiger partial charge in [0.1, 0.15) is 0 Å². The number of benzene rings is 1. The topological polar surface area (TPSA) is 16.1 Å². The molecule has 0 N–H and O–H groups in total. The smallest absolute Gasteiger partial charge is 0.185 e. The Bertz CT molecular complexity index is 572. The Hall–Kier alpha value is -1.35. The number of rotatable bonds is 4. The molecule has 2 nitrogen and oxygen atoms in total. The number of nitrogens with zero attached hydrogens (tertiary/aromatic N) is 2. The number of hydrogen-bond donors (Lipinski definition) is 0. The Kier molecular flexibility index (Phi) is 4.25. The molecule has 2 aromatic rings. The molecule has 0 aliphatic carbocycles. The van der Waals surface area contributed by atoms with Gasteiger partial charge in [-0.3, -0.25) is 0 Å². The lowest BCUT2D eigenvalue weighted by Crippen LogP contribution is -2.17. The highest BCUT2D eigenvalue weighted by atomic mass is 32.1. The van der Waals surface area contributed by atoms with Crippen molar-refractivity contribution in [2.45, 2.75) is 34.1 Å². The van der Waals surface area contributed by atoms with Gasteiger partial charge in [-0.1, -0.05) is 30.7 Å². The summed E-state index contributed by atoms with van der Waals surface area (Å²) >= 11 is 1.78. The molecule has 0 spiro atoms. The summed E-state index contributed by atoms with van der Waals surface area (Å²) in [6, 6.07) is 6.58. The van der Waals surface area contributed by atoms with Crippen LogP contribution < -0.4 is 4.90 Å². The van der Waals surface area contributed by atoms with Crippen molar-refractivity contribution in [3.8, 4) is 11.3 Å². The van der Waals surface area contributed by atoms with E-state index < -0.39 is 0 Å². The van der Waals surface area contributed by atoms with Crippen molar-refractivity contribution in [2.75, 3.05) is 18.5 Å². The zero-order chi connectivity index (χ0) is 14.0. The third-order valence-electron chi connectivity index (χ3n) is 3.31. The first kappa shape index (κ1) is 14.1. The molecule has 0 amide bonds. The Morgan fingerprint density at radius 2 is 1.95 bits per heavy atom. The second kappa shape index (κ2) is 5.74. The molecule has 0 atom stereocenters. The summed E-state index contributed by atoms with van der Waals surface area (Å²) in [6.07, 6.45) is 1.15. The average Bonchev–Trinajstić information content (AvgIpc) is 2.72. The third-order valence-corrected chi connectivity index (χ3v) is 4.39. The number of aryl methyl sites for hydroxylation is 3. The molecule has 0 bridgehead atoms. The summed E-state index contributed by atoms with van der Waals surface area (Å²) in [5.74, 6) is 0. The van der Waals surface area contributed by atoms with E-state index in [0.29, 0.717) is 0 Å². The van der Waals surface area contributed by atoms with Gasteiger partial charge in [-0.15, -0.1) is 11.3 Å². The van der Waals surface area contributed by atoms with E-state index in [-0.39, 0.29) is 0 Å². The lowest BCUT2D eigenvalue weighted by Gasteiger charge is -2.13. The van der Waals surface area contributed by atoms with Gasteiger partial charge in [-0.05, 0) is 32.8 Å². The largest absolute Gasteiger partial charge is 0.351 e. The van der Waals surface area contributed by atoms with Crippen molar-refractivity contribution in [3.05, 3.63) is 34.2 Å². The van der Waals surface area contributed by atoms with E-state index in [0.717, 1.165) is 23.8 Å². The summed E-state index contributed by atoms with van der Waals surface area (Å²) < 4.78 is 0. The molecule has 3 heteroatoms. The first-order valence-electron chi connectivity index (χ1n) is 6.79. The molecule has 1 aromatic heterocycles. The highest BCUT2D eigenvalue weighted by molar-refractivity contribution is 7.16. The van der Waals surface area contributed by atoms with Crippen LogP contribution in [0.2, 0.25) is 0 Å². The van der Waals surface area contributed by atoms with Crippen molar-refractivity contribution in [3.63, 3.8) is 0 Å². The Balaban J connectivity index is 2.40. The average molecular weight is 274 g/mol. The van der Waals surface area contributed by atoms with Crippen LogP contribution in [0.4, 0.5) is 5.13 Å². The van der Waals surface area contributed by atoms with Gasteiger partial charge in [0.2, 0.25) is 0 Å². The third kappa shape index (κ3) is 2.98. The van der Waals surface area contributed by atoms with Crippen LogP contribution in [-0.4, -0.2) is 18.6 Å². The molecule has 0 saturated heterocycles. The van der Waals surface area contributed by atoms with Crippen LogP contribution in [0.3, 0.4) is 0 Å². The molecule has 0 aliphatic heterocycles. The predicted octanol–water partition coefficient (Wildman–Crippen LogP) is 4.58. The number of thiazole rings is 1. The summed E-state index contributed by atoms with van der Waals surface area (Å²) in [7, 11) is 2.12. The predicted molar refractivity (Wildman–Crippen MR) is 85.3 cm³/mol. The molecule has 0 aliphatic rings. The summed E-state index contributed by atoms with van der Waals surface area (Å²) in [4.78, 5) is 8.37. The molecular weight excluding hydrogens is 252 g/mol.